The summed E-state index contributed by atoms with van der Waals surface area (Å²) in [7, 11) is 0. The van der Waals surface area contributed by atoms with Gasteiger partial charge >= 0.3 is 30.3 Å². The molecule has 5 atom stereocenters. The maximum atomic E-state index is 12.7. The van der Waals surface area contributed by atoms with Crippen LogP contribution in [0.15, 0.2) is 68.8 Å². The molecule has 18 nitrogen and oxygen atoms in total. The van der Waals surface area contributed by atoms with E-state index in [2.05, 4.69) is 26.3 Å². The summed E-state index contributed by atoms with van der Waals surface area (Å²) in [6, 6.07) is 3.41. The number of benzene rings is 1. The molecule has 0 bridgehead atoms. The Hall–Kier alpha value is -5.62. The van der Waals surface area contributed by atoms with Crippen LogP contribution < -0.4 is 4.74 Å². The molecule has 0 unspecified atom stereocenters. The quantitative estimate of drug-likeness (QED) is 0.0822. The summed E-state index contributed by atoms with van der Waals surface area (Å²) < 4.78 is 52.1. The van der Waals surface area contributed by atoms with Crippen LogP contribution in [0, 0.1) is 10.1 Å². The summed E-state index contributed by atoms with van der Waals surface area (Å²) in [5, 5.41) is 21.3. The fourth-order valence-corrected chi connectivity index (χ4v) is 3.67. The van der Waals surface area contributed by atoms with Gasteiger partial charge in [0.1, 0.15) is 39.1 Å². The van der Waals surface area contributed by atoms with Crippen molar-refractivity contribution < 1.29 is 76.6 Å². The molecular weight excluding hydrogens is 634 g/mol. The SMILES string of the molecule is C=CCOC(=O)OC[C@H]1O[C@@H](Oc2ccc(CO)cc2[N+](=O)[O-])[C@H](OC(=O)OCC=C)[C@@H](OC(=O)OCC=C)[C@@H]1OC(=O)OCC=C. The second-order valence-electron chi connectivity index (χ2n) is 8.84. The van der Waals surface area contributed by atoms with Crippen LogP contribution >= 0.6 is 0 Å². The van der Waals surface area contributed by atoms with E-state index in [-0.39, 0.29) is 32.0 Å². The van der Waals surface area contributed by atoms with Gasteiger partial charge in [-0.3, -0.25) is 10.1 Å². The highest BCUT2D eigenvalue weighted by Gasteiger charge is 2.55. The van der Waals surface area contributed by atoms with Crippen LogP contribution in [0.2, 0.25) is 0 Å². The minimum atomic E-state index is -1.93. The van der Waals surface area contributed by atoms with Gasteiger partial charge in [-0.2, -0.15) is 0 Å². The smallest absolute Gasteiger partial charge is 0.453 e. The second-order valence-corrected chi connectivity index (χ2v) is 8.84. The van der Waals surface area contributed by atoms with Crippen LogP contribution in [0.5, 0.6) is 5.75 Å². The number of aliphatic hydroxyl groups excluding tert-OH is 1. The fourth-order valence-electron chi connectivity index (χ4n) is 3.67. The standard InChI is InChI=1S/C29H33NO17/c1-5-11-38-26(32)42-17-21-22(45-27(33)39-12-6-2)23(46-28(34)40-13-7-3)24(47-29(35)41-14-8-4)25(44-21)43-20-10-9-18(16-31)15-19(20)30(36)37/h5-10,15,21-25,31H,1-4,11-14,16-17H2/t21-,22-,23+,24-,25-/m1/s1. The van der Waals surface area contributed by atoms with Crippen LogP contribution in [0.1, 0.15) is 5.56 Å². The maximum absolute atomic E-state index is 12.7. The topological polar surface area (TPSA) is 224 Å². The van der Waals surface area contributed by atoms with Crippen molar-refractivity contribution in [2.24, 2.45) is 0 Å². The van der Waals surface area contributed by atoms with E-state index in [0.717, 1.165) is 12.1 Å². The van der Waals surface area contributed by atoms with Gasteiger partial charge in [-0.15, -0.1) is 0 Å². The van der Waals surface area contributed by atoms with Gasteiger partial charge in [-0.25, -0.2) is 19.2 Å². The average molecular weight is 668 g/mol. The highest BCUT2D eigenvalue weighted by Crippen LogP contribution is 2.35. The van der Waals surface area contributed by atoms with E-state index >= 15 is 0 Å². The Morgan fingerprint density at radius 2 is 1.26 bits per heavy atom. The molecule has 1 aromatic rings. The Morgan fingerprint density at radius 3 is 1.74 bits per heavy atom. The molecule has 1 fully saturated rings. The molecule has 1 aromatic carbocycles. The number of hydrogen-bond donors (Lipinski definition) is 1. The lowest BCUT2D eigenvalue weighted by Gasteiger charge is -2.43. The summed E-state index contributed by atoms with van der Waals surface area (Å²) in [4.78, 5) is 61.0. The number of rotatable bonds is 17. The number of nitrogens with zero attached hydrogens (tertiary/aromatic N) is 1. The normalized spacial score (nSPS) is 19.8. The van der Waals surface area contributed by atoms with Crippen LogP contribution in [-0.2, 0) is 49.2 Å². The summed E-state index contributed by atoms with van der Waals surface area (Å²) >= 11 is 0. The van der Waals surface area contributed by atoms with Gasteiger partial charge in [-0.1, -0.05) is 56.7 Å². The van der Waals surface area contributed by atoms with Crippen LogP contribution in [0.4, 0.5) is 24.9 Å². The lowest BCUT2D eigenvalue weighted by molar-refractivity contribution is -0.387. The van der Waals surface area contributed by atoms with Crippen molar-refractivity contribution in [2.45, 2.75) is 37.3 Å². The lowest BCUT2D eigenvalue weighted by atomic mass is 9.98. The minimum absolute atomic E-state index is 0.149. The number of carbonyl (C=O) groups excluding carboxylic acids is 4. The highest BCUT2D eigenvalue weighted by atomic mass is 16.8. The Morgan fingerprint density at radius 1 is 0.766 bits per heavy atom. The number of hydrogen-bond acceptors (Lipinski definition) is 17. The van der Waals surface area contributed by atoms with Gasteiger partial charge in [0.05, 0.1) is 11.5 Å². The van der Waals surface area contributed by atoms with Crippen molar-refractivity contribution >= 4 is 30.3 Å². The summed E-state index contributed by atoms with van der Waals surface area (Å²) in [5.74, 6) is -0.465. The molecule has 1 aliphatic rings. The van der Waals surface area contributed by atoms with Crippen LogP contribution in [0.3, 0.4) is 0 Å². The molecule has 47 heavy (non-hydrogen) atoms. The molecule has 1 N–H and O–H groups in total. The van der Waals surface area contributed by atoms with Gasteiger partial charge in [0, 0.05) is 6.07 Å². The Bertz CT molecular complexity index is 1300. The molecule has 1 saturated heterocycles. The van der Waals surface area contributed by atoms with Gasteiger partial charge in [0.2, 0.25) is 12.4 Å². The van der Waals surface area contributed by atoms with E-state index < -0.39 is 84.9 Å². The number of nitro groups is 1. The first kappa shape index (κ1) is 37.6. The first-order valence-electron chi connectivity index (χ1n) is 13.5. The van der Waals surface area contributed by atoms with E-state index in [1.165, 1.54) is 30.4 Å². The third-order valence-electron chi connectivity index (χ3n) is 5.58. The molecule has 0 amide bonds. The van der Waals surface area contributed by atoms with Crippen LogP contribution in [-0.4, -0.2) is 98.4 Å². The van der Waals surface area contributed by atoms with E-state index in [9.17, 15) is 34.4 Å². The fraction of sp³-hybridized carbons (Fsp3) is 0.379. The van der Waals surface area contributed by atoms with Crippen molar-refractivity contribution in [1.82, 2.24) is 0 Å². The van der Waals surface area contributed by atoms with Crippen molar-refractivity contribution in [1.29, 1.82) is 0 Å². The first-order chi connectivity index (χ1) is 22.6. The third-order valence-corrected chi connectivity index (χ3v) is 5.58. The van der Waals surface area contributed by atoms with E-state index in [0.29, 0.717) is 0 Å². The number of aliphatic hydroxyl groups is 1. The summed E-state index contributed by atoms with van der Waals surface area (Å²) in [6.07, 6.45) is -9.65. The minimum Gasteiger partial charge on any atom is -0.453 e. The second kappa shape index (κ2) is 19.7. The Balaban J connectivity index is 2.66. The van der Waals surface area contributed by atoms with Crippen molar-refractivity contribution in [3.63, 3.8) is 0 Å². The molecule has 18 heteroatoms. The highest BCUT2D eigenvalue weighted by molar-refractivity contribution is 5.63. The van der Waals surface area contributed by atoms with Gasteiger partial charge in [0.15, 0.2) is 18.0 Å². The zero-order chi connectivity index (χ0) is 34.8. The zero-order valence-electron chi connectivity index (χ0n) is 24.9. The Labute approximate surface area is 267 Å². The van der Waals surface area contributed by atoms with Crippen LogP contribution in [0.25, 0.3) is 0 Å². The van der Waals surface area contributed by atoms with Gasteiger partial charge < -0.3 is 52.5 Å². The third kappa shape index (κ3) is 12.0. The van der Waals surface area contributed by atoms with E-state index in [4.69, 9.17) is 47.4 Å². The Kier molecular flexibility index (Phi) is 15.7. The summed E-state index contributed by atoms with van der Waals surface area (Å²) in [5.41, 5.74) is -0.500. The molecule has 0 radical (unpaired) electrons. The molecule has 1 heterocycles. The molecule has 0 aromatic heterocycles. The lowest BCUT2D eigenvalue weighted by Crippen LogP contribution is -2.64. The van der Waals surface area contributed by atoms with Crippen molar-refractivity contribution in [3.8, 4) is 5.75 Å². The number of nitro benzene ring substituents is 1. The zero-order valence-corrected chi connectivity index (χ0v) is 24.9. The number of ether oxygens (including phenoxy) is 10. The van der Waals surface area contributed by atoms with E-state index in [1.54, 1.807) is 0 Å². The molecule has 0 aliphatic carbocycles. The maximum Gasteiger partial charge on any atom is 0.509 e. The predicted octanol–water partition coefficient (Wildman–Crippen LogP) is 3.65. The van der Waals surface area contributed by atoms with Gasteiger partial charge in [-0.05, 0) is 11.6 Å². The van der Waals surface area contributed by atoms with E-state index in [1.807, 2.05) is 0 Å². The molecular formula is C29H33NO17. The average Bonchev–Trinajstić information content (AvgIpc) is 3.05. The predicted molar refractivity (Wildman–Crippen MR) is 155 cm³/mol. The summed E-state index contributed by atoms with van der Waals surface area (Å²) in [6.45, 7) is 11.1. The van der Waals surface area contributed by atoms with Gasteiger partial charge in [0.25, 0.3) is 0 Å². The largest absolute Gasteiger partial charge is 0.509 e. The van der Waals surface area contributed by atoms with Crippen molar-refractivity contribution in [2.75, 3.05) is 33.0 Å². The monoisotopic (exact) mass is 667 g/mol. The first-order valence-corrected chi connectivity index (χ1v) is 13.5. The number of carbonyl (C=O) groups is 4. The molecule has 0 saturated carbocycles. The molecule has 0 spiro atoms. The molecule has 2 rings (SSSR count). The molecule has 256 valence electrons. The molecule has 1 aliphatic heterocycles. The van der Waals surface area contributed by atoms with Crippen molar-refractivity contribution in [3.05, 3.63) is 84.5 Å².